The van der Waals surface area contributed by atoms with Crippen molar-refractivity contribution in [3.05, 3.63) is 42.5 Å². The van der Waals surface area contributed by atoms with Gasteiger partial charge >= 0.3 is 11.9 Å². The molecule has 2 aromatic rings. The highest BCUT2D eigenvalue weighted by Crippen LogP contribution is 2.29. The van der Waals surface area contributed by atoms with Gasteiger partial charge in [0, 0.05) is 11.3 Å². The molecule has 0 aliphatic carbocycles. The zero-order valence-corrected chi connectivity index (χ0v) is 13.4. The Balaban J connectivity index is 1.81. The van der Waals surface area contributed by atoms with E-state index in [1.54, 1.807) is 12.1 Å². The second kappa shape index (κ2) is 6.83. The van der Waals surface area contributed by atoms with Crippen molar-refractivity contribution >= 4 is 28.5 Å². The smallest absolute Gasteiger partial charge is 0.380 e. The minimum absolute atomic E-state index is 0.185. The Hall–Kier alpha value is -2.69. The number of carbonyl (C=O) groups excluding carboxylic acids is 3. The Kier molecular flexibility index (Phi) is 4.60. The molecular weight excluding hydrogens is 308 g/mol. The highest BCUT2D eigenvalue weighted by molar-refractivity contribution is 6.38. The van der Waals surface area contributed by atoms with Crippen LogP contribution in [0.5, 0.6) is 5.75 Å². The third kappa shape index (κ3) is 3.02. The van der Waals surface area contributed by atoms with Crippen LogP contribution in [-0.2, 0) is 19.1 Å². The van der Waals surface area contributed by atoms with Gasteiger partial charge in [-0.3, -0.25) is 9.59 Å². The van der Waals surface area contributed by atoms with Crippen LogP contribution in [0.25, 0.3) is 10.8 Å². The molecule has 1 aliphatic heterocycles. The number of carbonyl (C=O) groups is 3. The van der Waals surface area contributed by atoms with Crippen LogP contribution in [0.3, 0.4) is 0 Å². The van der Waals surface area contributed by atoms with Crippen molar-refractivity contribution in [1.82, 2.24) is 0 Å². The summed E-state index contributed by atoms with van der Waals surface area (Å²) in [4.78, 5) is 36.5. The second-order valence-corrected chi connectivity index (χ2v) is 5.89. The van der Waals surface area contributed by atoms with Crippen LogP contribution in [0.15, 0.2) is 42.5 Å². The average Bonchev–Trinajstić information content (AvgIpc) is 2.95. The second-order valence-electron chi connectivity index (χ2n) is 5.89. The first-order valence-corrected chi connectivity index (χ1v) is 8.02. The van der Waals surface area contributed by atoms with Crippen molar-refractivity contribution in [2.24, 2.45) is 11.8 Å². The lowest BCUT2D eigenvalue weighted by molar-refractivity contribution is -0.154. The van der Waals surface area contributed by atoms with Crippen LogP contribution in [0.1, 0.15) is 19.8 Å². The number of esters is 2. The van der Waals surface area contributed by atoms with Gasteiger partial charge in [-0.25, -0.2) is 4.79 Å². The molecular formula is C19H18O5. The van der Waals surface area contributed by atoms with Gasteiger partial charge in [-0.1, -0.05) is 49.7 Å². The lowest BCUT2D eigenvalue weighted by Crippen LogP contribution is -2.34. The van der Waals surface area contributed by atoms with Gasteiger partial charge in [0.15, 0.2) is 0 Å². The number of ether oxygens (including phenoxy) is 2. The number of rotatable bonds is 5. The molecule has 1 fully saturated rings. The third-order valence-corrected chi connectivity index (χ3v) is 4.26. The summed E-state index contributed by atoms with van der Waals surface area (Å²) in [6.07, 6.45) is 1.47. The molecule has 0 bridgehead atoms. The zero-order valence-electron chi connectivity index (χ0n) is 13.4. The van der Waals surface area contributed by atoms with Crippen molar-refractivity contribution in [2.45, 2.75) is 19.8 Å². The molecule has 1 aliphatic rings. The van der Waals surface area contributed by atoms with E-state index in [4.69, 9.17) is 9.47 Å². The van der Waals surface area contributed by atoms with E-state index in [1.165, 1.54) is 0 Å². The molecule has 2 unspecified atom stereocenters. The highest BCUT2D eigenvalue weighted by Gasteiger charge is 2.45. The quantitative estimate of drug-likeness (QED) is 0.366. The van der Waals surface area contributed by atoms with Crippen LogP contribution in [0.2, 0.25) is 0 Å². The van der Waals surface area contributed by atoms with E-state index in [2.05, 4.69) is 0 Å². The van der Waals surface area contributed by atoms with Gasteiger partial charge < -0.3 is 9.47 Å². The van der Waals surface area contributed by atoms with Gasteiger partial charge in [0.25, 0.3) is 5.78 Å². The first-order valence-electron chi connectivity index (χ1n) is 8.02. The molecule has 0 N–H and O–H groups in total. The van der Waals surface area contributed by atoms with Crippen molar-refractivity contribution in [2.75, 3.05) is 6.61 Å². The van der Waals surface area contributed by atoms with Crippen LogP contribution in [0.4, 0.5) is 0 Å². The number of benzene rings is 2. The normalized spacial score (nSPS) is 20.0. The van der Waals surface area contributed by atoms with Crippen molar-refractivity contribution in [3.8, 4) is 5.75 Å². The molecule has 0 radical (unpaired) electrons. The Bertz CT molecular complexity index is 790. The molecule has 124 valence electrons. The summed E-state index contributed by atoms with van der Waals surface area (Å²) in [6, 6.07) is 12.7. The van der Waals surface area contributed by atoms with Crippen LogP contribution in [0, 0.1) is 11.8 Å². The standard InChI is InChI=1S/C19H18O5/c1-2-6-13-11-23-18(21)16(13)17(20)19(22)24-15-10-5-8-12-7-3-4-9-14(12)15/h3-5,7-10,13,16H,2,6,11H2,1H3. The monoisotopic (exact) mass is 326 g/mol. The Morgan fingerprint density at radius 2 is 1.92 bits per heavy atom. The first-order chi connectivity index (χ1) is 11.6. The molecule has 3 rings (SSSR count). The van der Waals surface area contributed by atoms with Crippen molar-refractivity contribution in [1.29, 1.82) is 0 Å². The van der Waals surface area contributed by atoms with Crippen LogP contribution >= 0.6 is 0 Å². The Morgan fingerprint density at radius 1 is 1.17 bits per heavy atom. The fourth-order valence-corrected chi connectivity index (χ4v) is 3.07. The van der Waals surface area contributed by atoms with Gasteiger partial charge in [-0.2, -0.15) is 0 Å². The lowest BCUT2D eigenvalue weighted by atomic mass is 9.88. The number of hydrogen-bond acceptors (Lipinski definition) is 5. The van der Waals surface area contributed by atoms with Crippen molar-refractivity contribution < 1.29 is 23.9 Å². The number of fused-ring (bicyclic) bond motifs is 1. The highest BCUT2D eigenvalue weighted by atomic mass is 16.6. The maximum Gasteiger partial charge on any atom is 0.380 e. The molecule has 0 saturated carbocycles. The molecule has 2 atom stereocenters. The maximum atomic E-state index is 12.4. The van der Waals surface area contributed by atoms with Crippen LogP contribution in [-0.4, -0.2) is 24.3 Å². The van der Waals surface area contributed by atoms with Gasteiger partial charge in [-0.05, 0) is 17.9 Å². The summed E-state index contributed by atoms with van der Waals surface area (Å²) in [7, 11) is 0. The molecule has 24 heavy (non-hydrogen) atoms. The summed E-state index contributed by atoms with van der Waals surface area (Å²) >= 11 is 0. The topological polar surface area (TPSA) is 69.7 Å². The summed E-state index contributed by atoms with van der Waals surface area (Å²) in [6.45, 7) is 2.14. The minimum Gasteiger partial charge on any atom is -0.465 e. The minimum atomic E-state index is -1.05. The molecule has 5 heteroatoms. The Labute approximate surface area is 139 Å². The number of cyclic esters (lactones) is 1. The van der Waals surface area contributed by atoms with Gasteiger partial charge in [-0.15, -0.1) is 0 Å². The van der Waals surface area contributed by atoms with E-state index in [1.807, 2.05) is 37.3 Å². The average molecular weight is 326 g/mol. The van der Waals surface area contributed by atoms with E-state index >= 15 is 0 Å². The predicted octanol–water partition coefficient (Wildman–Crippen LogP) is 2.90. The number of Topliss-reactive ketones (excluding diaryl/α,β-unsaturated/α-hetero) is 1. The van der Waals surface area contributed by atoms with E-state index in [0.717, 1.165) is 17.2 Å². The predicted molar refractivity (Wildman–Crippen MR) is 87.4 cm³/mol. The SMILES string of the molecule is CCCC1COC(=O)C1C(=O)C(=O)Oc1cccc2ccccc12. The Morgan fingerprint density at radius 3 is 2.71 bits per heavy atom. The molecule has 1 heterocycles. The maximum absolute atomic E-state index is 12.4. The number of ketones is 1. The van der Waals surface area contributed by atoms with Gasteiger partial charge in [0.1, 0.15) is 11.7 Å². The summed E-state index contributed by atoms with van der Waals surface area (Å²) in [5.74, 6) is -3.47. The largest absolute Gasteiger partial charge is 0.465 e. The molecule has 0 spiro atoms. The summed E-state index contributed by atoms with van der Waals surface area (Å²) in [5, 5.41) is 1.64. The van der Waals surface area contributed by atoms with Crippen LogP contribution < -0.4 is 4.74 Å². The molecule has 0 aromatic heterocycles. The third-order valence-electron chi connectivity index (χ3n) is 4.26. The van der Waals surface area contributed by atoms with E-state index < -0.39 is 23.6 Å². The molecule has 1 saturated heterocycles. The molecule has 0 amide bonds. The summed E-state index contributed by atoms with van der Waals surface area (Å²) in [5.41, 5.74) is 0. The lowest BCUT2D eigenvalue weighted by Gasteiger charge is -2.13. The molecule has 5 nitrogen and oxygen atoms in total. The van der Waals surface area contributed by atoms with Crippen molar-refractivity contribution in [3.63, 3.8) is 0 Å². The van der Waals surface area contributed by atoms with E-state index in [0.29, 0.717) is 12.2 Å². The molecule has 2 aromatic carbocycles. The van der Waals surface area contributed by atoms with E-state index in [9.17, 15) is 14.4 Å². The first kappa shape index (κ1) is 16.2. The fourth-order valence-electron chi connectivity index (χ4n) is 3.07. The zero-order chi connectivity index (χ0) is 17.1. The summed E-state index contributed by atoms with van der Waals surface area (Å²) < 4.78 is 10.2. The van der Waals surface area contributed by atoms with Gasteiger partial charge in [0.2, 0.25) is 0 Å². The fraction of sp³-hybridized carbons (Fsp3) is 0.316. The van der Waals surface area contributed by atoms with E-state index in [-0.39, 0.29) is 12.5 Å². The number of hydrogen-bond donors (Lipinski definition) is 0. The van der Waals surface area contributed by atoms with Gasteiger partial charge in [0.05, 0.1) is 6.61 Å².